The van der Waals surface area contributed by atoms with E-state index in [4.69, 9.17) is 4.74 Å². The first-order chi connectivity index (χ1) is 17.8. The number of piperidine rings is 1. The van der Waals surface area contributed by atoms with E-state index >= 15 is 0 Å². The molecular formula is C30H40F2N2O4. The average Bonchev–Trinajstić information content (AvgIpc) is 2.84. The summed E-state index contributed by atoms with van der Waals surface area (Å²) in [6.07, 6.45) is 3.94. The van der Waals surface area contributed by atoms with E-state index < -0.39 is 17.5 Å². The Hall–Kier alpha value is -3.16. The van der Waals surface area contributed by atoms with Gasteiger partial charge in [-0.25, -0.2) is 13.6 Å². The molecule has 0 radical (unpaired) electrons. The smallest absolute Gasteiger partial charge is 0.347 e. The highest BCUT2D eigenvalue weighted by Gasteiger charge is 2.30. The third-order valence-corrected chi connectivity index (χ3v) is 6.83. The maximum atomic E-state index is 14.2. The fourth-order valence-electron chi connectivity index (χ4n) is 4.70. The fourth-order valence-corrected chi connectivity index (χ4v) is 4.70. The number of amides is 1. The van der Waals surface area contributed by atoms with E-state index in [-0.39, 0.29) is 29.9 Å². The minimum Gasteiger partial charge on any atom is -0.478 e. The maximum Gasteiger partial charge on any atom is 0.347 e. The molecule has 1 fully saturated rings. The second-order valence-electron chi connectivity index (χ2n) is 11.2. The van der Waals surface area contributed by atoms with Gasteiger partial charge in [-0.2, -0.15) is 0 Å². The van der Waals surface area contributed by atoms with E-state index in [2.05, 4.69) is 24.1 Å². The maximum absolute atomic E-state index is 14.2. The van der Waals surface area contributed by atoms with Gasteiger partial charge in [0.05, 0.1) is 12.5 Å². The number of hydrogen-bond acceptors (Lipinski definition) is 4. The molecule has 1 unspecified atom stereocenters. The zero-order chi connectivity index (χ0) is 28.1. The molecule has 208 valence electrons. The molecule has 2 aromatic rings. The van der Waals surface area contributed by atoms with Crippen LogP contribution >= 0.6 is 0 Å². The highest BCUT2D eigenvalue weighted by Crippen LogP contribution is 2.37. The highest BCUT2D eigenvalue weighted by molar-refractivity contribution is 5.79. The van der Waals surface area contributed by atoms with Gasteiger partial charge in [0, 0.05) is 31.3 Å². The molecule has 0 aromatic heterocycles. The molecular weight excluding hydrogens is 490 g/mol. The van der Waals surface area contributed by atoms with E-state index in [1.54, 1.807) is 36.4 Å². The number of alkyl halides is 2. The fraction of sp³-hybridized carbons (Fsp3) is 0.533. The van der Waals surface area contributed by atoms with Crippen LogP contribution in [0.2, 0.25) is 0 Å². The average molecular weight is 531 g/mol. The Kier molecular flexibility index (Phi) is 9.39. The lowest BCUT2D eigenvalue weighted by Gasteiger charge is -2.34. The van der Waals surface area contributed by atoms with Crippen LogP contribution in [-0.4, -0.2) is 35.7 Å². The van der Waals surface area contributed by atoms with Gasteiger partial charge in [0.2, 0.25) is 5.91 Å². The Morgan fingerprint density at radius 3 is 2.21 bits per heavy atom. The largest absolute Gasteiger partial charge is 0.478 e. The van der Waals surface area contributed by atoms with Crippen molar-refractivity contribution in [3.05, 3.63) is 59.2 Å². The summed E-state index contributed by atoms with van der Waals surface area (Å²) < 4.78 is 34.0. The molecule has 0 bridgehead atoms. The summed E-state index contributed by atoms with van der Waals surface area (Å²) in [5.74, 6) is -3.52. The minimum absolute atomic E-state index is 0.0233. The van der Waals surface area contributed by atoms with E-state index in [9.17, 15) is 23.5 Å². The van der Waals surface area contributed by atoms with Gasteiger partial charge in [0.15, 0.2) is 5.60 Å². The van der Waals surface area contributed by atoms with Gasteiger partial charge in [-0.15, -0.1) is 0 Å². The number of benzene rings is 2. The number of aliphatic carboxylic acids is 1. The van der Waals surface area contributed by atoms with Crippen LogP contribution in [-0.2, 0) is 21.9 Å². The van der Waals surface area contributed by atoms with Crippen LogP contribution < -0.4 is 15.0 Å². The number of hydrogen-bond donors (Lipinski definition) is 2. The van der Waals surface area contributed by atoms with Crippen molar-refractivity contribution in [1.29, 1.82) is 0 Å². The third-order valence-electron chi connectivity index (χ3n) is 6.83. The molecule has 1 amide bonds. The molecule has 6 nitrogen and oxygen atoms in total. The van der Waals surface area contributed by atoms with Gasteiger partial charge in [-0.1, -0.05) is 38.1 Å². The summed E-state index contributed by atoms with van der Waals surface area (Å²) in [7, 11) is 0. The number of carbonyl (C=O) groups is 2. The summed E-state index contributed by atoms with van der Waals surface area (Å²) in [6.45, 7) is 9.61. The van der Waals surface area contributed by atoms with Gasteiger partial charge >= 0.3 is 5.97 Å². The van der Waals surface area contributed by atoms with E-state index in [0.717, 1.165) is 56.1 Å². The first-order valence-corrected chi connectivity index (χ1v) is 13.3. The number of carbonyl (C=O) groups excluding carboxylic acids is 1. The first-order valence-electron chi connectivity index (χ1n) is 13.3. The number of carboxylic acid groups (broad SMARTS) is 1. The van der Waals surface area contributed by atoms with Crippen molar-refractivity contribution >= 4 is 17.6 Å². The number of anilines is 1. The lowest BCUT2D eigenvalue weighted by Crippen LogP contribution is -2.37. The Labute approximate surface area is 224 Å². The predicted molar refractivity (Wildman–Crippen MR) is 145 cm³/mol. The molecule has 3 rings (SSSR count). The zero-order valence-corrected chi connectivity index (χ0v) is 23.0. The molecule has 1 heterocycles. The van der Waals surface area contributed by atoms with Crippen LogP contribution in [0.3, 0.4) is 0 Å². The summed E-state index contributed by atoms with van der Waals surface area (Å²) in [4.78, 5) is 26.6. The summed E-state index contributed by atoms with van der Waals surface area (Å²) in [6, 6.07) is 11.3. The van der Waals surface area contributed by atoms with Crippen LogP contribution in [0.15, 0.2) is 42.5 Å². The van der Waals surface area contributed by atoms with E-state index in [1.807, 2.05) is 0 Å². The highest BCUT2D eigenvalue weighted by atomic mass is 19.3. The first kappa shape index (κ1) is 29.4. The molecule has 0 saturated carbocycles. The topological polar surface area (TPSA) is 78.9 Å². The number of nitrogens with one attached hydrogen (secondary N) is 1. The molecule has 1 aliphatic rings. The Balaban J connectivity index is 1.81. The van der Waals surface area contributed by atoms with Crippen LogP contribution in [0.5, 0.6) is 5.75 Å². The lowest BCUT2D eigenvalue weighted by atomic mass is 9.92. The Morgan fingerprint density at radius 1 is 1.03 bits per heavy atom. The van der Waals surface area contributed by atoms with Gasteiger partial charge < -0.3 is 20.1 Å². The molecule has 2 aromatic carbocycles. The van der Waals surface area contributed by atoms with Gasteiger partial charge in [-0.3, -0.25) is 4.79 Å². The van der Waals surface area contributed by atoms with Crippen molar-refractivity contribution in [2.75, 3.05) is 18.0 Å². The number of carboxylic acids is 1. The Bertz CT molecular complexity index is 1100. The molecule has 2 N–H and O–H groups in total. The summed E-state index contributed by atoms with van der Waals surface area (Å²) in [5, 5.41) is 12.4. The molecule has 0 spiro atoms. The van der Waals surface area contributed by atoms with Gasteiger partial charge in [0.25, 0.3) is 5.92 Å². The normalized spacial score (nSPS) is 15.3. The second-order valence-corrected chi connectivity index (χ2v) is 11.2. The lowest BCUT2D eigenvalue weighted by molar-refractivity contribution is -0.152. The van der Waals surface area contributed by atoms with Crippen molar-refractivity contribution in [1.82, 2.24) is 5.32 Å². The SMILES string of the molecule is CC(C)CC(NC(=O)Cc1ccc(OC(C)(C)C(=O)O)cc1)c1ccc(C(C)(F)F)cc1N1CCCCC1. The molecule has 1 saturated heterocycles. The monoisotopic (exact) mass is 530 g/mol. The van der Waals surface area contributed by atoms with Crippen LogP contribution in [0.4, 0.5) is 14.5 Å². The van der Waals surface area contributed by atoms with Crippen molar-refractivity contribution in [2.24, 2.45) is 5.92 Å². The number of rotatable bonds is 11. The number of ether oxygens (including phenoxy) is 1. The van der Waals surface area contributed by atoms with Crippen LogP contribution in [0.1, 0.15) is 83.0 Å². The molecule has 1 aliphatic heterocycles. The molecule has 0 aliphatic carbocycles. The molecule has 1 atom stereocenters. The Morgan fingerprint density at radius 2 is 1.66 bits per heavy atom. The summed E-state index contributed by atoms with van der Waals surface area (Å²) in [5.41, 5.74) is 0.999. The van der Waals surface area contributed by atoms with Crippen LogP contribution in [0.25, 0.3) is 0 Å². The van der Waals surface area contributed by atoms with E-state index in [1.165, 1.54) is 19.9 Å². The van der Waals surface area contributed by atoms with E-state index in [0.29, 0.717) is 12.2 Å². The van der Waals surface area contributed by atoms with Crippen molar-refractivity contribution in [3.8, 4) is 5.75 Å². The van der Waals surface area contributed by atoms with Crippen LogP contribution in [0, 0.1) is 5.92 Å². The zero-order valence-electron chi connectivity index (χ0n) is 23.0. The third kappa shape index (κ3) is 7.92. The van der Waals surface area contributed by atoms with Crippen molar-refractivity contribution < 1.29 is 28.2 Å². The number of halogens is 2. The minimum atomic E-state index is -2.95. The van der Waals surface area contributed by atoms with Crippen molar-refractivity contribution in [3.63, 3.8) is 0 Å². The molecule has 8 heteroatoms. The molecule has 38 heavy (non-hydrogen) atoms. The predicted octanol–water partition coefficient (Wildman–Crippen LogP) is 6.48. The summed E-state index contributed by atoms with van der Waals surface area (Å²) >= 11 is 0. The quantitative estimate of drug-likeness (QED) is 0.348. The van der Waals surface area contributed by atoms with Crippen molar-refractivity contribution in [2.45, 2.75) is 84.3 Å². The standard InChI is InChI=1S/C30H40F2N2O4/c1-20(2)17-25(24-14-11-22(30(5,31)32)19-26(24)34-15-7-6-8-16-34)33-27(35)18-21-9-12-23(13-10-21)38-29(3,4)28(36)37/h9-14,19-20,25H,6-8,15-18H2,1-5H3,(H,33,35)(H,36,37). The van der Waals surface area contributed by atoms with Gasteiger partial charge in [-0.05, 0) is 74.8 Å². The second kappa shape index (κ2) is 12.1. The number of nitrogens with zero attached hydrogens (tertiary/aromatic N) is 1. The van der Waals surface area contributed by atoms with Gasteiger partial charge in [0.1, 0.15) is 5.75 Å².